The standard InChI is InChI=1S/C16H30BN5O5S/c1-18-3-5-25-7-9-27-10-8-26-6-4-22-16(17)15(19-20-22)13-21-11-14(12-21)28(2,23)24/h14,18H,3-13H2,1-2H3. The molecule has 0 unspecified atom stereocenters. The number of rotatable bonds is 15. The van der Waals surface area contributed by atoms with E-state index in [0.717, 1.165) is 6.54 Å². The molecule has 1 N–H and O–H groups in total. The molecule has 0 bridgehead atoms. The lowest BCUT2D eigenvalue weighted by molar-refractivity contribution is 0.0136. The molecule has 0 amide bonds. The Kier molecular flexibility index (Phi) is 9.82. The molecule has 0 aliphatic carbocycles. The van der Waals surface area contributed by atoms with E-state index in [0.29, 0.717) is 77.1 Å². The maximum Gasteiger partial charge on any atom is 0.152 e. The predicted molar refractivity (Wildman–Crippen MR) is 106 cm³/mol. The molecule has 0 aromatic carbocycles. The molecular formula is C16H30BN5O5S. The number of hydrogen-bond acceptors (Lipinski definition) is 9. The first kappa shape index (κ1) is 23.2. The minimum atomic E-state index is -2.98. The van der Waals surface area contributed by atoms with Crippen LogP contribution in [0, 0.1) is 0 Å². The number of sulfone groups is 1. The van der Waals surface area contributed by atoms with E-state index in [9.17, 15) is 8.42 Å². The van der Waals surface area contributed by atoms with Crippen LogP contribution in [0.2, 0.25) is 0 Å². The number of aromatic nitrogens is 3. The van der Waals surface area contributed by atoms with Gasteiger partial charge in [-0.15, -0.1) is 5.10 Å². The van der Waals surface area contributed by atoms with Gasteiger partial charge in [-0.3, -0.25) is 9.58 Å². The summed E-state index contributed by atoms with van der Waals surface area (Å²) in [5.41, 5.74) is 1.15. The second kappa shape index (κ2) is 11.8. The summed E-state index contributed by atoms with van der Waals surface area (Å²) < 4.78 is 40.8. The number of ether oxygens (including phenoxy) is 3. The van der Waals surface area contributed by atoms with E-state index in [-0.39, 0.29) is 5.25 Å². The van der Waals surface area contributed by atoms with Crippen LogP contribution in [0.25, 0.3) is 0 Å². The third kappa shape index (κ3) is 7.76. The zero-order valence-electron chi connectivity index (χ0n) is 16.7. The molecule has 28 heavy (non-hydrogen) atoms. The van der Waals surface area contributed by atoms with Crippen molar-refractivity contribution in [3.8, 4) is 0 Å². The topological polar surface area (TPSA) is 108 Å². The minimum Gasteiger partial charge on any atom is -0.378 e. The molecule has 1 aromatic heterocycles. The molecule has 10 nitrogen and oxygen atoms in total. The fraction of sp³-hybridized carbons (Fsp3) is 0.875. The summed E-state index contributed by atoms with van der Waals surface area (Å²) in [5.74, 6) is 0. The van der Waals surface area contributed by atoms with E-state index >= 15 is 0 Å². The highest BCUT2D eigenvalue weighted by atomic mass is 32.2. The van der Waals surface area contributed by atoms with E-state index in [2.05, 4.69) is 15.6 Å². The van der Waals surface area contributed by atoms with Crippen LogP contribution in [0.3, 0.4) is 0 Å². The smallest absolute Gasteiger partial charge is 0.152 e. The Labute approximate surface area is 168 Å². The van der Waals surface area contributed by atoms with Gasteiger partial charge in [0.1, 0.15) is 7.85 Å². The number of nitrogens with one attached hydrogen (secondary N) is 1. The molecule has 2 radical (unpaired) electrons. The molecule has 12 heteroatoms. The fourth-order valence-corrected chi connectivity index (χ4v) is 3.60. The van der Waals surface area contributed by atoms with Gasteiger partial charge in [-0.1, -0.05) is 5.21 Å². The molecule has 1 aliphatic heterocycles. The summed E-state index contributed by atoms with van der Waals surface area (Å²) in [5, 5.41) is 10.8. The van der Waals surface area contributed by atoms with Gasteiger partial charge in [0, 0.05) is 38.0 Å². The van der Waals surface area contributed by atoms with Crippen molar-refractivity contribution in [3.63, 3.8) is 0 Å². The Morgan fingerprint density at radius 1 is 1.11 bits per heavy atom. The van der Waals surface area contributed by atoms with E-state index in [1.165, 1.54) is 6.26 Å². The summed E-state index contributed by atoms with van der Waals surface area (Å²) in [6, 6.07) is 0. The summed E-state index contributed by atoms with van der Waals surface area (Å²) in [6.07, 6.45) is 1.27. The van der Waals surface area contributed by atoms with Gasteiger partial charge < -0.3 is 19.5 Å². The maximum absolute atomic E-state index is 11.5. The number of hydrogen-bond donors (Lipinski definition) is 1. The first-order valence-electron chi connectivity index (χ1n) is 9.38. The zero-order chi connectivity index (χ0) is 20.4. The molecule has 1 aliphatic rings. The molecule has 2 rings (SSSR count). The molecular weight excluding hydrogens is 385 g/mol. The van der Waals surface area contributed by atoms with Crippen molar-refractivity contribution in [2.45, 2.75) is 18.3 Å². The van der Waals surface area contributed by atoms with Crippen molar-refractivity contribution in [3.05, 3.63) is 5.69 Å². The monoisotopic (exact) mass is 415 g/mol. The van der Waals surface area contributed by atoms with E-state index in [1.807, 2.05) is 11.9 Å². The van der Waals surface area contributed by atoms with Gasteiger partial charge >= 0.3 is 0 Å². The average molecular weight is 415 g/mol. The van der Waals surface area contributed by atoms with Crippen molar-refractivity contribution in [1.29, 1.82) is 0 Å². The lowest BCUT2D eigenvalue weighted by atomic mass is 10.0. The molecule has 2 heterocycles. The molecule has 1 fully saturated rings. The van der Waals surface area contributed by atoms with Gasteiger partial charge in [-0.25, -0.2) is 8.42 Å². The zero-order valence-corrected chi connectivity index (χ0v) is 17.5. The Morgan fingerprint density at radius 3 is 2.32 bits per heavy atom. The Morgan fingerprint density at radius 2 is 1.71 bits per heavy atom. The van der Waals surface area contributed by atoms with Gasteiger partial charge in [0.05, 0.1) is 57.1 Å². The highest BCUT2D eigenvalue weighted by Gasteiger charge is 2.34. The van der Waals surface area contributed by atoms with Crippen LogP contribution in [0.5, 0.6) is 0 Å². The highest BCUT2D eigenvalue weighted by molar-refractivity contribution is 7.91. The Balaban J connectivity index is 1.53. The second-order valence-electron chi connectivity index (χ2n) is 6.73. The Hall–Kier alpha value is -1.05. The SMILES string of the molecule is [B]c1c(CN2CC(S(C)(=O)=O)C2)nnn1CCOCCOCCOCCNC. The van der Waals surface area contributed by atoms with Crippen molar-refractivity contribution >= 4 is 23.3 Å². The van der Waals surface area contributed by atoms with Crippen LogP contribution in [0.1, 0.15) is 5.69 Å². The largest absolute Gasteiger partial charge is 0.378 e. The number of likely N-dealkylation sites (tertiary alicyclic amines) is 1. The number of nitrogens with zero attached hydrogens (tertiary/aromatic N) is 4. The fourth-order valence-electron chi connectivity index (χ4n) is 2.64. The summed E-state index contributed by atoms with van der Waals surface area (Å²) in [6.45, 7) is 6.08. The minimum absolute atomic E-state index is 0.292. The van der Waals surface area contributed by atoms with Crippen molar-refractivity contribution in [2.75, 3.05) is 72.6 Å². The van der Waals surface area contributed by atoms with Crippen LogP contribution in [-0.4, -0.2) is 114 Å². The van der Waals surface area contributed by atoms with Crippen LogP contribution in [-0.2, 0) is 37.1 Å². The van der Waals surface area contributed by atoms with E-state index < -0.39 is 9.84 Å². The van der Waals surface area contributed by atoms with Gasteiger partial charge in [-0.05, 0) is 7.05 Å². The third-order valence-corrected chi connectivity index (χ3v) is 5.95. The van der Waals surface area contributed by atoms with Gasteiger partial charge in [0.25, 0.3) is 0 Å². The van der Waals surface area contributed by atoms with Crippen molar-refractivity contribution < 1.29 is 22.6 Å². The second-order valence-corrected chi connectivity index (χ2v) is 9.06. The average Bonchev–Trinajstić information content (AvgIpc) is 2.94. The van der Waals surface area contributed by atoms with Crippen molar-refractivity contribution in [1.82, 2.24) is 25.2 Å². The summed E-state index contributed by atoms with van der Waals surface area (Å²) >= 11 is 0. The third-order valence-electron chi connectivity index (χ3n) is 4.44. The van der Waals surface area contributed by atoms with E-state index in [1.54, 1.807) is 4.68 Å². The molecule has 0 atom stereocenters. The maximum atomic E-state index is 11.5. The molecule has 0 spiro atoms. The first-order chi connectivity index (χ1) is 13.4. The normalized spacial score (nSPS) is 15.8. The van der Waals surface area contributed by atoms with Gasteiger partial charge in [-0.2, -0.15) is 0 Å². The van der Waals surface area contributed by atoms with Crippen molar-refractivity contribution in [2.24, 2.45) is 0 Å². The van der Waals surface area contributed by atoms with Gasteiger partial charge in [0.2, 0.25) is 0 Å². The van der Waals surface area contributed by atoms with Crippen LogP contribution in [0.4, 0.5) is 0 Å². The Bertz CT molecular complexity index is 681. The van der Waals surface area contributed by atoms with Crippen LogP contribution < -0.4 is 10.9 Å². The number of likely N-dealkylation sites (N-methyl/N-ethyl adjacent to an activating group) is 1. The lowest BCUT2D eigenvalue weighted by Gasteiger charge is -2.37. The van der Waals surface area contributed by atoms with Gasteiger partial charge in [0.15, 0.2) is 9.84 Å². The lowest BCUT2D eigenvalue weighted by Crippen LogP contribution is -2.54. The predicted octanol–water partition coefficient (Wildman–Crippen LogP) is -2.43. The van der Waals surface area contributed by atoms with Crippen LogP contribution in [0.15, 0.2) is 0 Å². The molecule has 1 saturated heterocycles. The molecule has 0 saturated carbocycles. The van der Waals surface area contributed by atoms with Crippen LogP contribution >= 0.6 is 0 Å². The molecule has 1 aromatic rings. The molecule has 158 valence electrons. The summed E-state index contributed by atoms with van der Waals surface area (Å²) in [4.78, 5) is 1.99. The quantitative estimate of drug-likeness (QED) is 0.247. The highest BCUT2D eigenvalue weighted by Crippen LogP contribution is 2.16. The van der Waals surface area contributed by atoms with E-state index in [4.69, 9.17) is 22.1 Å². The summed E-state index contributed by atoms with van der Waals surface area (Å²) in [7, 11) is 4.98. The first-order valence-corrected chi connectivity index (χ1v) is 11.3.